The standard InChI is InChI=1S/C15H22ClN3O/c1-5-17-13(12-7-10(3)20-9-12)8-14-15(16)11(4)18-19(14)6-2/h7,9,13,17H,5-6,8H2,1-4H3. The molecule has 0 bridgehead atoms. The van der Waals surface area contributed by atoms with Gasteiger partial charge in [0, 0.05) is 24.6 Å². The molecule has 2 heterocycles. The van der Waals surface area contributed by atoms with Gasteiger partial charge in [0.1, 0.15) is 5.76 Å². The van der Waals surface area contributed by atoms with Gasteiger partial charge in [-0.15, -0.1) is 0 Å². The van der Waals surface area contributed by atoms with Crippen LogP contribution in [0.1, 0.15) is 42.6 Å². The highest BCUT2D eigenvalue weighted by Gasteiger charge is 2.19. The first-order chi connectivity index (χ1) is 9.56. The molecule has 110 valence electrons. The van der Waals surface area contributed by atoms with Crippen molar-refractivity contribution < 1.29 is 4.42 Å². The number of hydrogen-bond acceptors (Lipinski definition) is 3. The number of aryl methyl sites for hydroxylation is 3. The molecule has 0 aromatic carbocycles. The summed E-state index contributed by atoms with van der Waals surface area (Å²) in [4.78, 5) is 0. The third kappa shape index (κ3) is 3.07. The maximum absolute atomic E-state index is 6.40. The molecule has 0 aliphatic heterocycles. The molecule has 5 heteroatoms. The Morgan fingerprint density at radius 1 is 1.40 bits per heavy atom. The molecule has 2 aromatic rings. The van der Waals surface area contributed by atoms with E-state index in [1.54, 1.807) is 0 Å². The van der Waals surface area contributed by atoms with Crippen LogP contribution in [0.4, 0.5) is 0 Å². The number of nitrogens with one attached hydrogen (secondary N) is 1. The third-order valence-corrected chi connectivity index (χ3v) is 3.95. The lowest BCUT2D eigenvalue weighted by atomic mass is 10.0. The molecule has 0 aliphatic carbocycles. The summed E-state index contributed by atoms with van der Waals surface area (Å²) in [5, 5.41) is 8.74. The predicted molar refractivity (Wildman–Crippen MR) is 81.2 cm³/mol. The molecule has 0 spiro atoms. The molecule has 0 amide bonds. The van der Waals surface area contributed by atoms with Gasteiger partial charge in [0.2, 0.25) is 0 Å². The minimum atomic E-state index is 0.191. The predicted octanol–water partition coefficient (Wildman–Crippen LogP) is 3.66. The van der Waals surface area contributed by atoms with Crippen LogP contribution in [0.25, 0.3) is 0 Å². The molecule has 20 heavy (non-hydrogen) atoms. The maximum atomic E-state index is 6.40. The second-order valence-electron chi connectivity index (χ2n) is 4.97. The van der Waals surface area contributed by atoms with Gasteiger partial charge in [-0.1, -0.05) is 18.5 Å². The lowest BCUT2D eigenvalue weighted by Crippen LogP contribution is -2.23. The van der Waals surface area contributed by atoms with Crippen molar-refractivity contribution in [3.63, 3.8) is 0 Å². The number of rotatable bonds is 6. The summed E-state index contributed by atoms with van der Waals surface area (Å²) < 4.78 is 7.41. The van der Waals surface area contributed by atoms with Crippen molar-refractivity contribution >= 4 is 11.6 Å². The summed E-state index contributed by atoms with van der Waals surface area (Å²) in [6.45, 7) is 9.81. The smallest absolute Gasteiger partial charge is 0.101 e. The van der Waals surface area contributed by atoms with E-state index in [9.17, 15) is 0 Å². The van der Waals surface area contributed by atoms with Crippen LogP contribution in [0.2, 0.25) is 5.02 Å². The van der Waals surface area contributed by atoms with Crippen molar-refractivity contribution in [2.75, 3.05) is 6.54 Å². The summed E-state index contributed by atoms with van der Waals surface area (Å²) in [6.07, 6.45) is 2.62. The molecule has 0 radical (unpaired) electrons. The number of furan rings is 1. The monoisotopic (exact) mass is 295 g/mol. The zero-order chi connectivity index (χ0) is 14.7. The molecule has 0 aliphatic rings. The van der Waals surface area contributed by atoms with Gasteiger partial charge in [-0.3, -0.25) is 4.68 Å². The number of aromatic nitrogens is 2. The van der Waals surface area contributed by atoms with Gasteiger partial charge in [-0.05, 0) is 33.4 Å². The van der Waals surface area contributed by atoms with Crippen LogP contribution in [0.15, 0.2) is 16.7 Å². The first-order valence-corrected chi connectivity index (χ1v) is 7.44. The SMILES string of the molecule is CCNC(Cc1c(Cl)c(C)nn1CC)c1coc(C)c1. The fourth-order valence-corrected chi connectivity index (χ4v) is 2.67. The quantitative estimate of drug-likeness (QED) is 0.884. The fraction of sp³-hybridized carbons (Fsp3) is 0.533. The molecule has 1 unspecified atom stereocenters. The number of nitrogens with zero attached hydrogens (tertiary/aromatic N) is 2. The Bertz CT molecular complexity index is 574. The zero-order valence-electron chi connectivity index (χ0n) is 12.5. The van der Waals surface area contributed by atoms with Crippen LogP contribution in [0.5, 0.6) is 0 Å². The van der Waals surface area contributed by atoms with Crippen LogP contribution in [0.3, 0.4) is 0 Å². The van der Waals surface area contributed by atoms with Crippen molar-refractivity contribution in [1.82, 2.24) is 15.1 Å². The Kier molecular flexibility index (Phi) is 4.89. The van der Waals surface area contributed by atoms with Crippen LogP contribution in [-0.4, -0.2) is 16.3 Å². The molecular weight excluding hydrogens is 274 g/mol. The molecule has 4 nitrogen and oxygen atoms in total. The fourth-order valence-electron chi connectivity index (χ4n) is 2.46. The number of hydrogen-bond donors (Lipinski definition) is 1. The maximum Gasteiger partial charge on any atom is 0.101 e. The van der Waals surface area contributed by atoms with E-state index in [0.717, 1.165) is 47.2 Å². The van der Waals surface area contributed by atoms with Gasteiger partial charge in [0.05, 0.1) is 22.7 Å². The molecular formula is C15H22ClN3O. The summed E-state index contributed by atoms with van der Waals surface area (Å²) in [5.41, 5.74) is 3.13. The molecule has 2 rings (SSSR count). The van der Waals surface area contributed by atoms with Gasteiger partial charge in [-0.2, -0.15) is 5.10 Å². The highest BCUT2D eigenvalue weighted by atomic mass is 35.5. The van der Waals surface area contributed by atoms with E-state index in [4.69, 9.17) is 16.0 Å². The van der Waals surface area contributed by atoms with Crippen molar-refractivity contribution in [2.45, 2.75) is 46.7 Å². The summed E-state index contributed by atoms with van der Waals surface area (Å²) in [5.74, 6) is 0.925. The zero-order valence-corrected chi connectivity index (χ0v) is 13.3. The van der Waals surface area contributed by atoms with Crippen LogP contribution < -0.4 is 5.32 Å². The van der Waals surface area contributed by atoms with Gasteiger partial charge in [0.25, 0.3) is 0 Å². The lowest BCUT2D eigenvalue weighted by Gasteiger charge is -2.17. The minimum Gasteiger partial charge on any atom is -0.469 e. The van der Waals surface area contributed by atoms with E-state index in [2.05, 4.69) is 30.3 Å². The Morgan fingerprint density at radius 2 is 2.15 bits per heavy atom. The normalized spacial score (nSPS) is 12.8. The van der Waals surface area contributed by atoms with E-state index in [1.165, 1.54) is 0 Å². The first kappa shape index (κ1) is 15.1. The third-order valence-electron chi connectivity index (χ3n) is 3.45. The highest BCUT2D eigenvalue weighted by molar-refractivity contribution is 6.31. The average molecular weight is 296 g/mol. The van der Waals surface area contributed by atoms with E-state index in [1.807, 2.05) is 24.8 Å². The van der Waals surface area contributed by atoms with Gasteiger partial charge < -0.3 is 9.73 Å². The van der Waals surface area contributed by atoms with E-state index < -0.39 is 0 Å². The highest BCUT2D eigenvalue weighted by Crippen LogP contribution is 2.27. The summed E-state index contributed by atoms with van der Waals surface area (Å²) in [6, 6.07) is 2.26. The van der Waals surface area contributed by atoms with Crippen LogP contribution >= 0.6 is 11.6 Å². The summed E-state index contributed by atoms with van der Waals surface area (Å²) >= 11 is 6.40. The Hall–Kier alpha value is -1.26. The van der Waals surface area contributed by atoms with Crippen molar-refractivity contribution in [1.29, 1.82) is 0 Å². The van der Waals surface area contributed by atoms with Crippen molar-refractivity contribution in [3.8, 4) is 0 Å². The second-order valence-corrected chi connectivity index (χ2v) is 5.34. The van der Waals surface area contributed by atoms with E-state index in [0.29, 0.717) is 0 Å². The van der Waals surface area contributed by atoms with Gasteiger partial charge >= 0.3 is 0 Å². The molecule has 2 aromatic heterocycles. The lowest BCUT2D eigenvalue weighted by molar-refractivity contribution is 0.498. The second kappa shape index (κ2) is 6.46. The first-order valence-electron chi connectivity index (χ1n) is 7.07. The van der Waals surface area contributed by atoms with Gasteiger partial charge in [0.15, 0.2) is 0 Å². The minimum absolute atomic E-state index is 0.191. The Labute approximate surface area is 125 Å². The van der Waals surface area contributed by atoms with Crippen molar-refractivity contribution in [3.05, 3.63) is 40.1 Å². The molecule has 0 saturated carbocycles. The molecule has 0 saturated heterocycles. The number of likely N-dealkylation sites (N-methyl/N-ethyl adjacent to an activating group) is 1. The van der Waals surface area contributed by atoms with Crippen LogP contribution in [-0.2, 0) is 13.0 Å². The van der Waals surface area contributed by atoms with E-state index >= 15 is 0 Å². The molecule has 1 atom stereocenters. The largest absolute Gasteiger partial charge is 0.469 e. The Morgan fingerprint density at radius 3 is 2.70 bits per heavy atom. The summed E-state index contributed by atoms with van der Waals surface area (Å²) in [7, 11) is 0. The van der Waals surface area contributed by atoms with Crippen molar-refractivity contribution in [2.24, 2.45) is 0 Å². The van der Waals surface area contributed by atoms with Crippen LogP contribution in [0, 0.1) is 13.8 Å². The molecule has 0 fully saturated rings. The Balaban J connectivity index is 2.28. The topological polar surface area (TPSA) is 43.0 Å². The molecule has 1 N–H and O–H groups in total. The van der Waals surface area contributed by atoms with Gasteiger partial charge in [-0.25, -0.2) is 0 Å². The number of halogens is 1. The van der Waals surface area contributed by atoms with E-state index in [-0.39, 0.29) is 6.04 Å². The average Bonchev–Trinajstić information content (AvgIpc) is 2.96.